The zero-order valence-corrected chi connectivity index (χ0v) is 14.0. The number of nitrogens with one attached hydrogen (secondary N) is 1. The molecule has 1 saturated heterocycles. The minimum absolute atomic E-state index is 0.0177. The van der Waals surface area contributed by atoms with Crippen LogP contribution in [0, 0.1) is 17.7 Å². The van der Waals surface area contributed by atoms with E-state index in [1.807, 2.05) is 0 Å². The zero-order chi connectivity index (χ0) is 20.4. The van der Waals surface area contributed by atoms with E-state index in [9.17, 15) is 31.9 Å². The number of ether oxygens (including phenoxy) is 1. The molecule has 1 aromatic rings. The van der Waals surface area contributed by atoms with E-state index in [0.29, 0.717) is 0 Å². The Balaban J connectivity index is 2.08. The molecule has 0 radical (unpaired) electrons. The number of aliphatic carboxylic acids is 1. The van der Waals surface area contributed by atoms with E-state index in [-0.39, 0.29) is 17.7 Å². The van der Waals surface area contributed by atoms with Crippen LogP contribution in [0.5, 0.6) is 0 Å². The normalized spacial score (nSPS) is 19.7. The van der Waals surface area contributed by atoms with E-state index >= 15 is 0 Å². The number of nitrogens with zero attached hydrogens (tertiary/aromatic N) is 1. The van der Waals surface area contributed by atoms with Gasteiger partial charge in [-0.05, 0) is 17.7 Å². The van der Waals surface area contributed by atoms with Gasteiger partial charge >= 0.3 is 24.1 Å². The Morgan fingerprint density at radius 3 is 2.44 bits per heavy atom. The standard InChI is InChI=1S/C16H16F4N2O5/c1-27-13(23)4-8-2-3-9(5-12(8)17)21-15(26)22-6-10(14(24)25)11(7-22)16(18,19)20/h2-3,5,10-11H,4,6-7H2,1H3,(H,21,26)(H,24,25)/t10-,11-/m1/s1. The summed E-state index contributed by atoms with van der Waals surface area (Å²) in [4.78, 5) is 35.1. The highest BCUT2D eigenvalue weighted by Crippen LogP contribution is 2.37. The van der Waals surface area contributed by atoms with Crippen LogP contribution in [0.25, 0.3) is 0 Å². The SMILES string of the molecule is COC(=O)Cc1ccc(NC(=O)N2C[C@@H](C(F)(F)F)[C@H](C(=O)O)C2)cc1F. The number of likely N-dealkylation sites (tertiary alicyclic amines) is 1. The molecule has 1 aromatic carbocycles. The lowest BCUT2D eigenvalue weighted by Gasteiger charge is -2.19. The highest BCUT2D eigenvalue weighted by atomic mass is 19.4. The van der Waals surface area contributed by atoms with Crippen LogP contribution in [-0.4, -0.2) is 54.4 Å². The Kier molecular flexibility index (Phi) is 5.91. The number of amides is 2. The van der Waals surface area contributed by atoms with E-state index in [1.165, 1.54) is 12.1 Å². The fraction of sp³-hybridized carbons (Fsp3) is 0.438. The number of carbonyl (C=O) groups excluding carboxylic acids is 2. The summed E-state index contributed by atoms with van der Waals surface area (Å²) < 4.78 is 57.2. The van der Waals surface area contributed by atoms with Crippen LogP contribution >= 0.6 is 0 Å². The number of benzene rings is 1. The number of hydrogen-bond donors (Lipinski definition) is 2. The van der Waals surface area contributed by atoms with Gasteiger partial charge in [-0.2, -0.15) is 13.2 Å². The molecule has 1 heterocycles. The van der Waals surface area contributed by atoms with Gasteiger partial charge in [0.2, 0.25) is 0 Å². The van der Waals surface area contributed by atoms with E-state index in [4.69, 9.17) is 5.11 Å². The molecule has 0 aliphatic carbocycles. The van der Waals surface area contributed by atoms with Crippen LogP contribution < -0.4 is 5.32 Å². The Labute approximate surface area is 150 Å². The number of rotatable bonds is 4. The van der Waals surface area contributed by atoms with Crippen LogP contribution in [0.1, 0.15) is 5.56 Å². The number of carbonyl (C=O) groups is 3. The molecule has 7 nitrogen and oxygen atoms in total. The highest BCUT2D eigenvalue weighted by molar-refractivity contribution is 5.90. The number of anilines is 1. The van der Waals surface area contributed by atoms with Crippen molar-refractivity contribution in [3.63, 3.8) is 0 Å². The molecule has 0 bridgehead atoms. The predicted octanol–water partition coefficient (Wildman–Crippen LogP) is 2.27. The molecule has 1 aliphatic heterocycles. The molecule has 2 N–H and O–H groups in total. The van der Waals surface area contributed by atoms with Gasteiger partial charge < -0.3 is 20.1 Å². The summed E-state index contributed by atoms with van der Waals surface area (Å²) in [5.74, 6) is -7.07. The van der Waals surface area contributed by atoms with Gasteiger partial charge in [-0.3, -0.25) is 9.59 Å². The quantitative estimate of drug-likeness (QED) is 0.605. The molecule has 0 unspecified atom stereocenters. The van der Waals surface area contributed by atoms with Crippen molar-refractivity contribution in [2.24, 2.45) is 11.8 Å². The summed E-state index contributed by atoms with van der Waals surface area (Å²) in [5, 5.41) is 11.2. The first kappa shape index (κ1) is 20.5. The Bertz CT molecular complexity index is 753. The first-order chi connectivity index (χ1) is 12.5. The number of carboxylic acid groups (broad SMARTS) is 1. The lowest BCUT2D eigenvalue weighted by molar-refractivity contribution is -0.187. The second-order valence-corrected chi connectivity index (χ2v) is 5.99. The van der Waals surface area contributed by atoms with E-state index in [2.05, 4.69) is 10.1 Å². The minimum Gasteiger partial charge on any atom is -0.481 e. The summed E-state index contributed by atoms with van der Waals surface area (Å²) in [6.45, 7) is -1.43. The number of urea groups is 1. The number of hydrogen-bond acceptors (Lipinski definition) is 4. The lowest BCUT2D eigenvalue weighted by atomic mass is 9.96. The maximum absolute atomic E-state index is 14.0. The molecule has 11 heteroatoms. The first-order valence-electron chi connectivity index (χ1n) is 7.73. The molecule has 1 fully saturated rings. The second kappa shape index (κ2) is 7.80. The van der Waals surface area contributed by atoms with Gasteiger partial charge in [0.1, 0.15) is 5.82 Å². The summed E-state index contributed by atoms with van der Waals surface area (Å²) in [6, 6.07) is 2.42. The first-order valence-corrected chi connectivity index (χ1v) is 7.73. The molecule has 148 valence electrons. The van der Waals surface area contributed by atoms with Crippen molar-refractivity contribution >= 4 is 23.7 Å². The van der Waals surface area contributed by atoms with Crippen LogP contribution in [-0.2, 0) is 20.7 Å². The van der Waals surface area contributed by atoms with Crippen molar-refractivity contribution in [2.45, 2.75) is 12.6 Å². The molecule has 0 aromatic heterocycles. The third-order valence-electron chi connectivity index (χ3n) is 4.21. The van der Waals surface area contributed by atoms with Crippen molar-refractivity contribution < 1.29 is 41.8 Å². The second-order valence-electron chi connectivity index (χ2n) is 5.99. The van der Waals surface area contributed by atoms with Gasteiger partial charge in [-0.1, -0.05) is 6.07 Å². The van der Waals surface area contributed by atoms with Crippen molar-refractivity contribution in [3.8, 4) is 0 Å². The van der Waals surface area contributed by atoms with Crippen molar-refractivity contribution in [3.05, 3.63) is 29.6 Å². The summed E-state index contributed by atoms with van der Waals surface area (Å²) in [7, 11) is 1.14. The maximum atomic E-state index is 14.0. The van der Waals surface area contributed by atoms with Crippen molar-refractivity contribution in [1.29, 1.82) is 0 Å². The zero-order valence-electron chi connectivity index (χ0n) is 14.0. The van der Waals surface area contributed by atoms with Crippen LogP contribution in [0.15, 0.2) is 18.2 Å². The molecule has 27 heavy (non-hydrogen) atoms. The van der Waals surface area contributed by atoms with Gasteiger partial charge in [-0.25, -0.2) is 9.18 Å². The van der Waals surface area contributed by atoms with Crippen LogP contribution in [0.4, 0.5) is 28.0 Å². The van der Waals surface area contributed by atoms with Gasteiger partial charge in [0.05, 0.1) is 25.4 Å². The molecule has 2 atom stereocenters. The summed E-state index contributed by atoms with van der Waals surface area (Å²) in [5.41, 5.74) is -0.0300. The van der Waals surface area contributed by atoms with Gasteiger partial charge in [0.15, 0.2) is 0 Å². The number of alkyl halides is 3. The largest absolute Gasteiger partial charge is 0.481 e. The lowest BCUT2D eigenvalue weighted by Crippen LogP contribution is -2.35. The third kappa shape index (κ3) is 4.86. The Morgan fingerprint density at radius 1 is 1.30 bits per heavy atom. The fourth-order valence-corrected chi connectivity index (χ4v) is 2.75. The van der Waals surface area contributed by atoms with E-state index in [0.717, 1.165) is 18.1 Å². The predicted molar refractivity (Wildman–Crippen MR) is 83.4 cm³/mol. The average molecular weight is 392 g/mol. The van der Waals surface area contributed by atoms with Crippen LogP contribution in [0.3, 0.4) is 0 Å². The molecule has 0 spiro atoms. The Morgan fingerprint density at radius 2 is 1.96 bits per heavy atom. The molecule has 1 aliphatic rings. The fourth-order valence-electron chi connectivity index (χ4n) is 2.75. The smallest absolute Gasteiger partial charge is 0.394 e. The number of esters is 1. The molecule has 2 amide bonds. The molecular formula is C16H16F4N2O5. The molecular weight excluding hydrogens is 376 g/mol. The number of carboxylic acids is 1. The van der Waals surface area contributed by atoms with Gasteiger partial charge in [0, 0.05) is 18.8 Å². The molecule has 2 rings (SSSR count). The van der Waals surface area contributed by atoms with E-state index < -0.39 is 54.9 Å². The third-order valence-corrected chi connectivity index (χ3v) is 4.21. The minimum atomic E-state index is -4.76. The van der Waals surface area contributed by atoms with Crippen molar-refractivity contribution in [1.82, 2.24) is 4.90 Å². The molecule has 0 saturated carbocycles. The highest BCUT2D eigenvalue weighted by Gasteiger charge is 2.53. The number of methoxy groups -OCH3 is 1. The summed E-state index contributed by atoms with van der Waals surface area (Å²) >= 11 is 0. The topological polar surface area (TPSA) is 95.9 Å². The van der Waals surface area contributed by atoms with Crippen LogP contribution in [0.2, 0.25) is 0 Å². The summed E-state index contributed by atoms with van der Waals surface area (Å²) in [6.07, 6.45) is -5.09. The van der Waals surface area contributed by atoms with E-state index in [1.54, 1.807) is 0 Å². The van der Waals surface area contributed by atoms with Crippen molar-refractivity contribution in [2.75, 3.05) is 25.5 Å². The van der Waals surface area contributed by atoms with Gasteiger partial charge in [-0.15, -0.1) is 0 Å². The monoisotopic (exact) mass is 392 g/mol. The maximum Gasteiger partial charge on any atom is 0.394 e. The average Bonchev–Trinajstić information content (AvgIpc) is 3.03. The Hall–Kier alpha value is -2.85. The number of halogens is 4. The van der Waals surface area contributed by atoms with Gasteiger partial charge in [0.25, 0.3) is 0 Å².